The highest BCUT2D eigenvalue weighted by molar-refractivity contribution is 5.31. The maximum Gasteiger partial charge on any atom is -0.0392 e. The first kappa shape index (κ1) is 13.5. The van der Waals surface area contributed by atoms with Crippen LogP contribution in [-0.4, -0.2) is 0 Å². The zero-order valence-electron chi connectivity index (χ0n) is 11.5. The highest BCUT2D eigenvalue weighted by Crippen LogP contribution is 2.09. The molecule has 0 radical (unpaired) electrons. The van der Waals surface area contributed by atoms with Gasteiger partial charge >= 0.3 is 0 Å². The van der Waals surface area contributed by atoms with Gasteiger partial charge in [0.05, 0.1) is 0 Å². The Bertz CT molecular complexity index is 423. The molecule has 0 bridgehead atoms. The molecule has 2 aromatic rings. The molecule has 0 amide bonds. The molecule has 0 saturated carbocycles. The molecule has 0 fully saturated rings. The van der Waals surface area contributed by atoms with Crippen molar-refractivity contribution in [3.8, 4) is 0 Å². The Morgan fingerprint density at radius 1 is 0.529 bits per heavy atom. The van der Waals surface area contributed by atoms with Gasteiger partial charge < -0.3 is 0 Å². The molecule has 0 unspecified atom stereocenters. The van der Waals surface area contributed by atoms with E-state index in [1.54, 1.807) is 0 Å². The first-order valence-corrected chi connectivity index (χ1v) is 6.07. The van der Waals surface area contributed by atoms with E-state index >= 15 is 0 Å². The molecule has 17 heavy (non-hydrogen) atoms. The Balaban J connectivity index is 0.000000171. The molecule has 90 valence electrons. The molecule has 0 atom stereocenters. The molecular weight excluding hydrogens is 204 g/mol. The number of hydrogen-bond acceptors (Lipinski definition) is 0. The van der Waals surface area contributed by atoms with Gasteiger partial charge in [-0.1, -0.05) is 53.6 Å². The second-order valence-electron chi connectivity index (χ2n) is 4.67. The second-order valence-corrected chi connectivity index (χ2v) is 4.67. The average Bonchev–Trinajstić information content (AvgIpc) is 2.31. The molecule has 0 aliphatic carbocycles. The van der Waals surface area contributed by atoms with E-state index in [-0.39, 0.29) is 0 Å². The fourth-order valence-corrected chi connectivity index (χ4v) is 1.53. The lowest BCUT2D eigenvalue weighted by Gasteiger charge is -2.00. The maximum absolute atomic E-state index is 2.16. The van der Waals surface area contributed by atoms with E-state index in [4.69, 9.17) is 0 Å². The van der Waals surface area contributed by atoms with Crippen molar-refractivity contribution in [2.45, 2.75) is 34.6 Å². The third kappa shape index (κ3) is 4.44. The molecule has 2 aromatic carbocycles. The van der Waals surface area contributed by atoms with Crippen molar-refractivity contribution in [2.24, 2.45) is 0 Å². The van der Waals surface area contributed by atoms with Crippen LogP contribution in [-0.2, 0) is 0 Å². The van der Waals surface area contributed by atoms with Crippen LogP contribution >= 0.6 is 0 Å². The van der Waals surface area contributed by atoms with Crippen LogP contribution in [0.3, 0.4) is 0 Å². The van der Waals surface area contributed by atoms with E-state index in [2.05, 4.69) is 77.1 Å². The molecule has 0 N–H and O–H groups in total. The Labute approximate surface area is 105 Å². The van der Waals surface area contributed by atoms with Crippen molar-refractivity contribution in [1.29, 1.82) is 0 Å². The van der Waals surface area contributed by atoms with Gasteiger partial charge in [0.25, 0.3) is 0 Å². The summed E-state index contributed by atoms with van der Waals surface area (Å²) in [5.74, 6) is 0. The summed E-state index contributed by atoms with van der Waals surface area (Å²) in [7, 11) is 0. The molecule has 0 nitrogen and oxygen atoms in total. The van der Waals surface area contributed by atoms with Crippen molar-refractivity contribution < 1.29 is 0 Å². The Morgan fingerprint density at radius 2 is 0.882 bits per heavy atom. The van der Waals surface area contributed by atoms with Crippen LogP contribution in [0.4, 0.5) is 0 Å². The number of aryl methyl sites for hydroxylation is 4. The Morgan fingerprint density at radius 3 is 1.18 bits per heavy atom. The Kier molecular flexibility index (Phi) is 4.96. The summed E-state index contributed by atoms with van der Waals surface area (Å²) in [5.41, 5.74) is 6.84. The van der Waals surface area contributed by atoms with Crippen LogP contribution in [0.1, 0.15) is 27.8 Å². The fourth-order valence-electron chi connectivity index (χ4n) is 1.53. The van der Waals surface area contributed by atoms with Gasteiger partial charge in [-0.2, -0.15) is 0 Å². The minimum Gasteiger partial charge on any atom is -0.0617 e. The van der Waals surface area contributed by atoms with Gasteiger partial charge in [-0.05, 0) is 51.3 Å². The zero-order valence-corrected chi connectivity index (χ0v) is 11.5. The Hall–Kier alpha value is -1.56. The second kappa shape index (κ2) is 6.24. The van der Waals surface area contributed by atoms with Crippen LogP contribution in [0.2, 0.25) is 0 Å². The monoisotopic (exact) mass is 226 g/mol. The van der Waals surface area contributed by atoms with Gasteiger partial charge in [0.15, 0.2) is 0 Å². The summed E-state index contributed by atoms with van der Waals surface area (Å²) < 4.78 is 0. The third-order valence-electron chi connectivity index (χ3n) is 3.09. The summed E-state index contributed by atoms with van der Waals surface area (Å²) in [6.07, 6.45) is 0. The average molecular weight is 226 g/mol. The first-order valence-electron chi connectivity index (χ1n) is 6.07. The summed E-state index contributed by atoms with van der Waals surface area (Å²) in [5, 5.41) is 0. The van der Waals surface area contributed by atoms with E-state index in [0.717, 1.165) is 0 Å². The number of benzene rings is 2. The quantitative estimate of drug-likeness (QED) is 0.598. The van der Waals surface area contributed by atoms with Gasteiger partial charge in [-0.25, -0.2) is 0 Å². The normalized spacial score (nSPS) is 9.47. The minimum absolute atomic E-state index is 1.33. The zero-order chi connectivity index (χ0) is 12.8. The van der Waals surface area contributed by atoms with Crippen LogP contribution in [0.15, 0.2) is 42.5 Å². The van der Waals surface area contributed by atoms with Crippen molar-refractivity contribution >= 4 is 0 Å². The van der Waals surface area contributed by atoms with Gasteiger partial charge in [-0.3, -0.25) is 0 Å². The lowest BCUT2D eigenvalue weighted by Crippen LogP contribution is -1.82. The first-order chi connectivity index (χ1) is 8.00. The van der Waals surface area contributed by atoms with E-state index in [0.29, 0.717) is 0 Å². The third-order valence-corrected chi connectivity index (χ3v) is 3.09. The molecule has 0 spiro atoms. The van der Waals surface area contributed by atoms with E-state index in [9.17, 15) is 0 Å². The highest BCUT2D eigenvalue weighted by atomic mass is 14.0. The molecule has 0 aliphatic rings. The summed E-state index contributed by atoms with van der Waals surface area (Å²) in [6.45, 7) is 10.6. The van der Waals surface area contributed by atoms with Crippen LogP contribution in [0.5, 0.6) is 0 Å². The molecule has 0 heterocycles. The highest BCUT2D eigenvalue weighted by Gasteiger charge is 1.91. The SMILES string of the molecule is Cc1ccc(C)cc1.Cc1cccc(C)c1C. The molecule has 2 rings (SSSR count). The molecular formula is C17H22. The predicted molar refractivity (Wildman–Crippen MR) is 76.6 cm³/mol. The predicted octanol–water partition coefficient (Wildman–Crippen LogP) is 4.92. The minimum atomic E-state index is 1.33. The van der Waals surface area contributed by atoms with E-state index < -0.39 is 0 Å². The van der Waals surface area contributed by atoms with Crippen molar-refractivity contribution in [3.05, 3.63) is 70.3 Å². The van der Waals surface area contributed by atoms with Crippen LogP contribution in [0.25, 0.3) is 0 Å². The summed E-state index contributed by atoms with van der Waals surface area (Å²) in [4.78, 5) is 0. The van der Waals surface area contributed by atoms with Crippen molar-refractivity contribution in [1.82, 2.24) is 0 Å². The van der Waals surface area contributed by atoms with Crippen LogP contribution < -0.4 is 0 Å². The maximum atomic E-state index is 2.16. The molecule has 0 aromatic heterocycles. The van der Waals surface area contributed by atoms with Gasteiger partial charge in [-0.15, -0.1) is 0 Å². The van der Waals surface area contributed by atoms with Gasteiger partial charge in [0.1, 0.15) is 0 Å². The van der Waals surface area contributed by atoms with Crippen molar-refractivity contribution in [3.63, 3.8) is 0 Å². The largest absolute Gasteiger partial charge is 0.0617 e. The molecule has 0 heteroatoms. The molecule has 0 saturated heterocycles. The smallest absolute Gasteiger partial charge is 0.0392 e. The van der Waals surface area contributed by atoms with Crippen LogP contribution in [0, 0.1) is 34.6 Å². The standard InChI is InChI=1S/C9H12.C8H10/c1-7-5-4-6-8(2)9(7)3;1-7-3-5-8(2)6-4-7/h4-6H,1-3H3;3-6H,1-2H3. The van der Waals surface area contributed by atoms with Crippen molar-refractivity contribution in [2.75, 3.05) is 0 Å². The van der Waals surface area contributed by atoms with E-state index in [1.165, 1.54) is 27.8 Å². The topological polar surface area (TPSA) is 0 Å². The van der Waals surface area contributed by atoms with Gasteiger partial charge in [0, 0.05) is 0 Å². The fraction of sp³-hybridized carbons (Fsp3) is 0.294. The lowest BCUT2D eigenvalue weighted by molar-refractivity contribution is 1.27. The summed E-state index contributed by atoms with van der Waals surface area (Å²) >= 11 is 0. The lowest BCUT2D eigenvalue weighted by atomic mass is 10.1. The van der Waals surface area contributed by atoms with Gasteiger partial charge in [0.2, 0.25) is 0 Å². The number of hydrogen-bond donors (Lipinski definition) is 0. The molecule has 0 aliphatic heterocycles. The number of rotatable bonds is 0. The van der Waals surface area contributed by atoms with E-state index in [1.807, 2.05) is 0 Å². The summed E-state index contributed by atoms with van der Waals surface area (Å²) in [6, 6.07) is 14.9.